The highest BCUT2D eigenvalue weighted by atomic mass is 16.5. The first-order valence-electron chi connectivity index (χ1n) is 17.3. The van der Waals surface area contributed by atoms with Gasteiger partial charge in [0.15, 0.2) is 0 Å². The minimum atomic E-state index is -0.450. The number of hydrogen-bond donors (Lipinski definition) is 3. The van der Waals surface area contributed by atoms with Crippen LogP contribution in [0, 0.1) is 0 Å². The van der Waals surface area contributed by atoms with Crippen molar-refractivity contribution in [1.29, 1.82) is 0 Å². The normalized spacial score (nSPS) is 31.4. The molecule has 0 unspecified atom stereocenters. The lowest BCUT2D eigenvalue weighted by Gasteiger charge is -2.60. The van der Waals surface area contributed by atoms with Gasteiger partial charge in [-0.25, -0.2) is 4.79 Å². The number of nitrogens with one attached hydrogen (secondary N) is 1. The highest BCUT2D eigenvalue weighted by Crippen LogP contribution is 2.49. The largest absolute Gasteiger partial charge is 0.382 e. The number of hydroxylamine groups is 4. The number of carbonyl (C=O) groups excluding carboxylic acids is 1. The van der Waals surface area contributed by atoms with E-state index < -0.39 is 22.2 Å². The number of ether oxygens (including phenoxy) is 6. The molecule has 0 radical (unpaired) electrons. The van der Waals surface area contributed by atoms with Gasteiger partial charge in [0, 0.05) is 78.6 Å². The summed E-state index contributed by atoms with van der Waals surface area (Å²) in [6.45, 7) is 6.62. The van der Waals surface area contributed by atoms with E-state index in [1.165, 1.54) is 0 Å². The maximum Gasteiger partial charge on any atom is 0.317 e. The summed E-state index contributed by atoms with van der Waals surface area (Å²) >= 11 is 0. The minimum Gasteiger partial charge on any atom is -0.382 e. The Labute approximate surface area is 267 Å². The van der Waals surface area contributed by atoms with Gasteiger partial charge in [-0.1, -0.05) is 0 Å². The molecular weight excluding hydrogens is 584 g/mol. The van der Waals surface area contributed by atoms with Gasteiger partial charge in [-0.05, 0) is 77.0 Å². The zero-order valence-corrected chi connectivity index (χ0v) is 27.2. The smallest absolute Gasteiger partial charge is 0.317 e. The summed E-state index contributed by atoms with van der Waals surface area (Å²) in [6, 6.07) is -0.268. The van der Waals surface area contributed by atoms with Gasteiger partial charge in [0.05, 0.1) is 42.0 Å². The molecule has 0 bridgehead atoms. The number of nitrogens with zero attached hydrogens (tertiary/aromatic N) is 3. The van der Waals surface area contributed by atoms with Gasteiger partial charge in [0.1, 0.15) is 0 Å². The van der Waals surface area contributed by atoms with E-state index in [1.54, 1.807) is 17.2 Å². The van der Waals surface area contributed by atoms with Gasteiger partial charge in [-0.3, -0.25) is 0 Å². The minimum absolute atomic E-state index is 0.0809. The summed E-state index contributed by atoms with van der Waals surface area (Å²) in [4.78, 5) is 16.6. The van der Waals surface area contributed by atoms with Gasteiger partial charge in [0.25, 0.3) is 0 Å². The molecule has 2 amide bonds. The monoisotopic (exact) mass is 640 g/mol. The molecule has 0 aromatic rings. The van der Waals surface area contributed by atoms with Crippen LogP contribution in [0.25, 0.3) is 0 Å². The molecule has 3 N–H and O–H groups in total. The first kappa shape index (κ1) is 33.8. The Morgan fingerprint density at radius 2 is 1.09 bits per heavy atom. The average Bonchev–Trinajstić information content (AvgIpc) is 3.06. The summed E-state index contributed by atoms with van der Waals surface area (Å²) in [5, 5.41) is 30.4. The van der Waals surface area contributed by atoms with Crippen molar-refractivity contribution >= 4 is 6.03 Å². The van der Waals surface area contributed by atoms with Crippen LogP contribution in [0.5, 0.6) is 0 Å². The Morgan fingerprint density at radius 3 is 1.49 bits per heavy atom. The van der Waals surface area contributed by atoms with E-state index >= 15 is 0 Å². The Bertz CT molecular complexity index is 908. The number of hydrogen-bond acceptors (Lipinski definition) is 11. The quantitative estimate of drug-likeness (QED) is 0.338. The maximum absolute atomic E-state index is 14.6. The van der Waals surface area contributed by atoms with Crippen molar-refractivity contribution in [3.63, 3.8) is 0 Å². The molecule has 6 rings (SSSR count). The van der Waals surface area contributed by atoms with Crippen molar-refractivity contribution in [3.05, 3.63) is 0 Å². The van der Waals surface area contributed by atoms with E-state index in [9.17, 15) is 15.2 Å². The van der Waals surface area contributed by atoms with Crippen LogP contribution in [0.15, 0.2) is 0 Å². The van der Waals surface area contributed by atoms with Crippen molar-refractivity contribution < 1.29 is 43.6 Å². The number of amides is 2. The van der Waals surface area contributed by atoms with Crippen LogP contribution < -0.4 is 5.32 Å². The molecule has 6 fully saturated rings. The molecule has 258 valence electrons. The molecule has 13 heteroatoms. The molecule has 0 aromatic carbocycles. The summed E-state index contributed by atoms with van der Waals surface area (Å²) in [5.41, 5.74) is -1.76. The molecule has 0 saturated carbocycles. The third-order valence-electron chi connectivity index (χ3n) is 11.9. The Hall–Kier alpha value is -1.13. The van der Waals surface area contributed by atoms with Crippen molar-refractivity contribution in [3.8, 4) is 0 Å². The second-order valence-corrected chi connectivity index (χ2v) is 14.4. The van der Waals surface area contributed by atoms with Crippen molar-refractivity contribution in [1.82, 2.24) is 20.3 Å². The van der Waals surface area contributed by atoms with E-state index in [-0.39, 0.29) is 18.1 Å². The fourth-order valence-corrected chi connectivity index (χ4v) is 9.40. The van der Waals surface area contributed by atoms with Gasteiger partial charge in [-0.2, -0.15) is 10.1 Å². The van der Waals surface area contributed by atoms with Crippen LogP contribution >= 0.6 is 0 Å². The molecule has 6 aliphatic rings. The highest BCUT2D eigenvalue weighted by molar-refractivity contribution is 5.75. The maximum atomic E-state index is 14.6. The lowest BCUT2D eigenvalue weighted by atomic mass is 9.69. The predicted octanol–water partition coefficient (Wildman–Crippen LogP) is 2.57. The summed E-state index contributed by atoms with van der Waals surface area (Å²) < 4.78 is 34.0. The Kier molecular flexibility index (Phi) is 10.9. The topological polar surface area (TPSA) is 135 Å². The van der Waals surface area contributed by atoms with Crippen molar-refractivity contribution in [2.75, 3.05) is 86.3 Å². The second-order valence-electron chi connectivity index (χ2n) is 14.4. The number of urea groups is 1. The lowest BCUT2D eigenvalue weighted by molar-refractivity contribution is -0.299. The number of piperidine rings is 2. The van der Waals surface area contributed by atoms with Crippen LogP contribution in [0.3, 0.4) is 0 Å². The Balaban J connectivity index is 1.25. The second kappa shape index (κ2) is 14.6. The third kappa shape index (κ3) is 6.90. The van der Waals surface area contributed by atoms with Crippen LogP contribution in [0.4, 0.5) is 4.79 Å². The molecule has 6 aliphatic heterocycles. The van der Waals surface area contributed by atoms with Crippen LogP contribution in [0.2, 0.25) is 0 Å². The number of rotatable bonds is 8. The summed E-state index contributed by atoms with van der Waals surface area (Å²) in [5.74, 6) is 0. The average molecular weight is 641 g/mol. The summed E-state index contributed by atoms with van der Waals surface area (Å²) in [7, 11) is 1.65. The van der Waals surface area contributed by atoms with E-state index in [4.69, 9.17) is 28.4 Å². The van der Waals surface area contributed by atoms with E-state index in [1.807, 2.05) is 4.90 Å². The number of methoxy groups -OCH3 is 1. The lowest BCUT2D eigenvalue weighted by Crippen LogP contribution is -2.71. The molecule has 4 spiro atoms. The van der Waals surface area contributed by atoms with E-state index in [2.05, 4.69) is 5.32 Å². The Morgan fingerprint density at radius 1 is 0.689 bits per heavy atom. The fraction of sp³-hybridized carbons (Fsp3) is 0.969. The molecule has 0 aromatic heterocycles. The molecule has 6 heterocycles. The highest BCUT2D eigenvalue weighted by Gasteiger charge is 2.58. The van der Waals surface area contributed by atoms with Crippen molar-refractivity contribution in [2.24, 2.45) is 0 Å². The summed E-state index contributed by atoms with van der Waals surface area (Å²) in [6.07, 6.45) is 8.57. The molecule has 45 heavy (non-hydrogen) atoms. The first-order valence-corrected chi connectivity index (χ1v) is 17.3. The van der Waals surface area contributed by atoms with Crippen molar-refractivity contribution in [2.45, 2.75) is 111 Å². The molecular formula is C32H56N4O9. The van der Waals surface area contributed by atoms with Gasteiger partial charge < -0.3 is 49.1 Å². The molecule has 6 saturated heterocycles. The van der Waals surface area contributed by atoms with Gasteiger partial charge >= 0.3 is 6.03 Å². The van der Waals surface area contributed by atoms with Crippen LogP contribution in [0.1, 0.15) is 77.0 Å². The molecule has 13 nitrogen and oxygen atoms in total. The van der Waals surface area contributed by atoms with Gasteiger partial charge in [0.2, 0.25) is 0 Å². The fourth-order valence-electron chi connectivity index (χ4n) is 9.40. The standard InChI is InChI=1S/C32H56N4O9/c1-40-20-21-45-19-10-34(27-24-31(6-15-43-16-7-31)36(39)32(25-27)8-17-44-18-9-32)28(37)33-26-22-29(2-11-41-12-3-29)35(38)30(23-26)4-13-42-14-5-30/h26-27,38-39H,2-25H2,1H3,(H,33,37). The first-order chi connectivity index (χ1) is 21.9. The molecule has 0 atom stereocenters. The van der Waals surface area contributed by atoms with Crippen LogP contribution in [-0.2, 0) is 28.4 Å². The third-order valence-corrected chi connectivity index (χ3v) is 11.9. The van der Waals surface area contributed by atoms with Gasteiger partial charge in [-0.15, -0.1) is 0 Å². The predicted molar refractivity (Wildman–Crippen MR) is 162 cm³/mol. The van der Waals surface area contributed by atoms with E-state index in [0.29, 0.717) is 105 Å². The zero-order valence-electron chi connectivity index (χ0n) is 27.2. The zero-order chi connectivity index (χ0) is 31.4. The molecule has 0 aliphatic carbocycles. The van der Waals surface area contributed by atoms with E-state index in [0.717, 1.165) is 51.4 Å². The number of carbonyl (C=O) groups is 1. The SMILES string of the molecule is COCCOCCN(C(=O)NC1CC2(CCOCC2)N(O)C2(CCOCC2)C1)C1CC2(CCOCC2)N(O)C2(CCOCC2)C1. The van der Waals surface area contributed by atoms with Crippen LogP contribution in [-0.4, -0.2) is 152 Å².